The van der Waals surface area contributed by atoms with Gasteiger partial charge in [0.05, 0.1) is 0 Å². The largest absolute Gasteiger partial charge is 0.370 e. The normalized spacial score (nSPS) is 18.8. The van der Waals surface area contributed by atoms with Crippen LogP contribution in [0.5, 0.6) is 0 Å². The van der Waals surface area contributed by atoms with E-state index in [2.05, 4.69) is 5.32 Å². The summed E-state index contributed by atoms with van der Waals surface area (Å²) in [4.78, 5) is 24.1. The highest BCUT2D eigenvalue weighted by molar-refractivity contribution is 5.90. The summed E-state index contributed by atoms with van der Waals surface area (Å²) in [5.41, 5.74) is 0. The van der Waals surface area contributed by atoms with Crippen molar-refractivity contribution in [3.8, 4) is 0 Å². The van der Waals surface area contributed by atoms with E-state index in [-0.39, 0.29) is 17.9 Å². The molecule has 0 saturated carbocycles. The highest BCUT2D eigenvalue weighted by atomic mass is 16.3. The van der Waals surface area contributed by atoms with E-state index in [1.165, 1.54) is 17.1 Å². The van der Waals surface area contributed by atoms with Gasteiger partial charge in [0.1, 0.15) is 6.23 Å². The molecule has 1 rings (SSSR count). The van der Waals surface area contributed by atoms with Crippen LogP contribution in [0.3, 0.4) is 0 Å². The van der Waals surface area contributed by atoms with Gasteiger partial charge in [0.25, 0.3) is 0 Å². The van der Waals surface area contributed by atoms with Crippen molar-refractivity contribution in [3.63, 3.8) is 0 Å². The predicted octanol–water partition coefficient (Wildman–Crippen LogP) is 0.788. The SMILES string of the molecule is CC(C)NC(=O)CCCCCN1C(=O)C=CC1O. The van der Waals surface area contributed by atoms with Gasteiger partial charge < -0.3 is 15.3 Å². The van der Waals surface area contributed by atoms with Crippen molar-refractivity contribution >= 4 is 11.8 Å². The van der Waals surface area contributed by atoms with Crippen molar-refractivity contribution in [2.24, 2.45) is 0 Å². The zero-order valence-corrected chi connectivity index (χ0v) is 11.1. The Kier molecular flexibility index (Phi) is 5.85. The van der Waals surface area contributed by atoms with E-state index in [4.69, 9.17) is 0 Å². The summed E-state index contributed by atoms with van der Waals surface area (Å²) in [7, 11) is 0. The molecule has 0 aromatic carbocycles. The van der Waals surface area contributed by atoms with Crippen LogP contribution in [0, 0.1) is 0 Å². The first kappa shape index (κ1) is 14.7. The molecule has 0 radical (unpaired) electrons. The monoisotopic (exact) mass is 254 g/mol. The van der Waals surface area contributed by atoms with E-state index >= 15 is 0 Å². The summed E-state index contributed by atoms with van der Waals surface area (Å²) in [6.07, 6.45) is 5.11. The van der Waals surface area contributed by atoms with Gasteiger partial charge in [0.15, 0.2) is 0 Å². The van der Waals surface area contributed by atoms with Crippen LogP contribution in [-0.2, 0) is 9.59 Å². The number of rotatable bonds is 7. The lowest BCUT2D eigenvalue weighted by atomic mass is 10.1. The molecule has 1 unspecified atom stereocenters. The second-order valence-electron chi connectivity index (χ2n) is 4.84. The fraction of sp³-hybridized carbons (Fsp3) is 0.692. The number of carbonyl (C=O) groups is 2. The summed E-state index contributed by atoms with van der Waals surface area (Å²) in [6, 6.07) is 0.181. The van der Waals surface area contributed by atoms with Crippen LogP contribution in [0.4, 0.5) is 0 Å². The van der Waals surface area contributed by atoms with Gasteiger partial charge >= 0.3 is 0 Å². The van der Waals surface area contributed by atoms with Crippen molar-refractivity contribution in [3.05, 3.63) is 12.2 Å². The van der Waals surface area contributed by atoms with E-state index in [1.54, 1.807) is 0 Å². The van der Waals surface area contributed by atoms with Crippen molar-refractivity contribution in [2.45, 2.75) is 51.8 Å². The molecular weight excluding hydrogens is 232 g/mol. The molecule has 1 aliphatic rings. The molecule has 0 bridgehead atoms. The zero-order chi connectivity index (χ0) is 13.5. The molecule has 1 heterocycles. The molecule has 5 heteroatoms. The second-order valence-corrected chi connectivity index (χ2v) is 4.84. The molecule has 2 N–H and O–H groups in total. The Morgan fingerprint density at radius 2 is 2.17 bits per heavy atom. The molecule has 18 heavy (non-hydrogen) atoms. The smallest absolute Gasteiger partial charge is 0.248 e. The average molecular weight is 254 g/mol. The van der Waals surface area contributed by atoms with Crippen molar-refractivity contribution < 1.29 is 14.7 Å². The van der Waals surface area contributed by atoms with E-state index in [0.29, 0.717) is 13.0 Å². The maximum absolute atomic E-state index is 11.4. The van der Waals surface area contributed by atoms with E-state index in [1.807, 2.05) is 13.8 Å². The molecule has 0 spiro atoms. The van der Waals surface area contributed by atoms with Gasteiger partial charge in [-0.2, -0.15) is 0 Å². The lowest BCUT2D eigenvalue weighted by Crippen LogP contribution is -2.34. The summed E-state index contributed by atoms with van der Waals surface area (Å²) >= 11 is 0. The number of hydrogen-bond donors (Lipinski definition) is 2. The maximum Gasteiger partial charge on any atom is 0.248 e. The molecule has 2 amide bonds. The molecule has 0 aromatic rings. The van der Waals surface area contributed by atoms with E-state index in [9.17, 15) is 14.7 Å². The molecule has 1 atom stereocenters. The minimum absolute atomic E-state index is 0.0731. The highest BCUT2D eigenvalue weighted by Gasteiger charge is 2.22. The van der Waals surface area contributed by atoms with Crippen LogP contribution < -0.4 is 5.32 Å². The van der Waals surface area contributed by atoms with Gasteiger partial charge in [-0.05, 0) is 32.8 Å². The van der Waals surface area contributed by atoms with Crippen LogP contribution in [0.2, 0.25) is 0 Å². The van der Waals surface area contributed by atoms with Gasteiger partial charge in [-0.25, -0.2) is 0 Å². The molecule has 5 nitrogen and oxygen atoms in total. The Bertz CT molecular complexity index is 326. The fourth-order valence-electron chi connectivity index (χ4n) is 1.88. The topological polar surface area (TPSA) is 69.6 Å². The maximum atomic E-state index is 11.4. The lowest BCUT2D eigenvalue weighted by molar-refractivity contribution is -0.131. The third kappa shape index (κ3) is 4.87. The molecular formula is C13H22N2O3. The third-order valence-electron chi connectivity index (χ3n) is 2.77. The number of amides is 2. The van der Waals surface area contributed by atoms with Crippen molar-refractivity contribution in [2.75, 3.05) is 6.54 Å². The molecule has 0 fully saturated rings. The van der Waals surface area contributed by atoms with Crippen LogP contribution in [0.15, 0.2) is 12.2 Å². The summed E-state index contributed by atoms with van der Waals surface area (Å²) in [5, 5.41) is 12.3. The van der Waals surface area contributed by atoms with Gasteiger partial charge in [-0.3, -0.25) is 9.59 Å². The second kappa shape index (κ2) is 7.16. The first-order valence-corrected chi connectivity index (χ1v) is 6.47. The highest BCUT2D eigenvalue weighted by Crippen LogP contribution is 2.10. The predicted molar refractivity (Wildman–Crippen MR) is 68.6 cm³/mol. The van der Waals surface area contributed by atoms with Crippen LogP contribution in [0.1, 0.15) is 39.5 Å². The van der Waals surface area contributed by atoms with Gasteiger partial charge in [0, 0.05) is 25.1 Å². The fourth-order valence-corrected chi connectivity index (χ4v) is 1.88. The van der Waals surface area contributed by atoms with Crippen molar-refractivity contribution in [1.82, 2.24) is 10.2 Å². The molecule has 0 aliphatic carbocycles. The minimum Gasteiger partial charge on any atom is -0.370 e. The third-order valence-corrected chi connectivity index (χ3v) is 2.77. The van der Waals surface area contributed by atoms with Gasteiger partial charge in [-0.15, -0.1) is 0 Å². The van der Waals surface area contributed by atoms with Crippen LogP contribution >= 0.6 is 0 Å². The minimum atomic E-state index is -0.776. The van der Waals surface area contributed by atoms with E-state index in [0.717, 1.165) is 19.3 Å². The Morgan fingerprint density at radius 3 is 2.72 bits per heavy atom. The first-order valence-electron chi connectivity index (χ1n) is 6.47. The van der Waals surface area contributed by atoms with Gasteiger partial charge in [-0.1, -0.05) is 6.42 Å². The molecule has 0 saturated heterocycles. The van der Waals surface area contributed by atoms with Crippen LogP contribution in [0.25, 0.3) is 0 Å². The number of carbonyl (C=O) groups excluding carboxylic acids is 2. The Hall–Kier alpha value is -1.36. The Labute approximate surface area is 108 Å². The summed E-state index contributed by atoms with van der Waals surface area (Å²) in [5.74, 6) is -0.0657. The quantitative estimate of drug-likeness (QED) is 0.660. The number of unbranched alkanes of at least 4 members (excludes halogenated alkanes) is 2. The summed E-state index contributed by atoms with van der Waals surface area (Å²) in [6.45, 7) is 4.41. The van der Waals surface area contributed by atoms with Gasteiger partial charge in [0.2, 0.25) is 11.8 Å². The first-order chi connectivity index (χ1) is 8.50. The standard InChI is InChI=1S/C13H22N2O3/c1-10(2)14-11(16)6-4-3-5-9-15-12(17)7-8-13(15)18/h7-8,10,12,17H,3-6,9H2,1-2H3,(H,14,16). The van der Waals surface area contributed by atoms with E-state index < -0.39 is 6.23 Å². The molecule has 1 aliphatic heterocycles. The Balaban J connectivity index is 2.05. The zero-order valence-electron chi connectivity index (χ0n) is 11.1. The van der Waals surface area contributed by atoms with Crippen LogP contribution in [-0.4, -0.2) is 40.6 Å². The number of hydrogen-bond acceptors (Lipinski definition) is 3. The number of aliphatic hydroxyl groups is 1. The summed E-state index contributed by atoms with van der Waals surface area (Å²) < 4.78 is 0. The van der Waals surface area contributed by atoms with Crippen molar-refractivity contribution in [1.29, 1.82) is 0 Å². The molecule has 0 aromatic heterocycles. The average Bonchev–Trinajstić information content (AvgIpc) is 2.58. The molecule has 102 valence electrons. The number of nitrogens with one attached hydrogen (secondary N) is 1. The number of aliphatic hydroxyl groups excluding tert-OH is 1. The lowest BCUT2D eigenvalue weighted by Gasteiger charge is -2.20. The Morgan fingerprint density at radius 1 is 1.44 bits per heavy atom. The number of nitrogens with zero attached hydrogens (tertiary/aromatic N) is 1.